The van der Waals surface area contributed by atoms with Crippen LogP contribution < -0.4 is 16.4 Å². The number of rotatable bonds is 6. The standard InChI is InChI=1S/C15H21N3O2/c1-10(8-9-16)14(19)17-12-4-6-13(7-5-12)18-15(20)11-2-3-11/h4-7,10-11H,2-3,8-9,16H2,1H3,(H,17,19)(H,18,20). The first-order chi connectivity index (χ1) is 9.60. The topological polar surface area (TPSA) is 84.2 Å². The smallest absolute Gasteiger partial charge is 0.227 e. The minimum atomic E-state index is -0.103. The summed E-state index contributed by atoms with van der Waals surface area (Å²) in [6.07, 6.45) is 2.64. The molecule has 0 heterocycles. The van der Waals surface area contributed by atoms with E-state index in [-0.39, 0.29) is 23.7 Å². The molecule has 1 aliphatic rings. The van der Waals surface area contributed by atoms with Crippen molar-refractivity contribution in [3.8, 4) is 0 Å². The third-order valence-electron chi connectivity index (χ3n) is 3.42. The van der Waals surface area contributed by atoms with E-state index in [0.29, 0.717) is 13.0 Å². The Morgan fingerprint density at radius 1 is 1.20 bits per heavy atom. The zero-order valence-corrected chi connectivity index (χ0v) is 11.7. The second kappa shape index (κ2) is 6.52. The zero-order valence-electron chi connectivity index (χ0n) is 11.7. The van der Waals surface area contributed by atoms with Gasteiger partial charge in [-0.1, -0.05) is 6.92 Å². The van der Waals surface area contributed by atoms with Gasteiger partial charge in [0.2, 0.25) is 11.8 Å². The van der Waals surface area contributed by atoms with Crippen molar-refractivity contribution in [3.05, 3.63) is 24.3 Å². The fraction of sp³-hybridized carbons (Fsp3) is 0.467. The van der Waals surface area contributed by atoms with E-state index in [1.165, 1.54) is 0 Å². The maximum absolute atomic E-state index is 11.8. The summed E-state index contributed by atoms with van der Waals surface area (Å²) >= 11 is 0. The van der Waals surface area contributed by atoms with E-state index in [1.807, 2.05) is 6.92 Å². The Labute approximate surface area is 118 Å². The van der Waals surface area contributed by atoms with E-state index in [1.54, 1.807) is 24.3 Å². The Kier molecular flexibility index (Phi) is 4.74. The third kappa shape index (κ3) is 4.06. The van der Waals surface area contributed by atoms with Gasteiger partial charge in [0, 0.05) is 23.2 Å². The van der Waals surface area contributed by atoms with Crippen molar-refractivity contribution in [2.75, 3.05) is 17.2 Å². The van der Waals surface area contributed by atoms with Gasteiger partial charge >= 0.3 is 0 Å². The number of carbonyl (C=O) groups excluding carboxylic acids is 2. The van der Waals surface area contributed by atoms with Crippen LogP contribution in [0.2, 0.25) is 0 Å². The highest BCUT2D eigenvalue weighted by Gasteiger charge is 2.29. The molecule has 1 aliphatic carbocycles. The summed E-state index contributed by atoms with van der Waals surface area (Å²) in [4.78, 5) is 23.4. The van der Waals surface area contributed by atoms with Crippen LogP contribution in [0, 0.1) is 11.8 Å². The Hall–Kier alpha value is -1.88. The molecule has 0 saturated heterocycles. The highest BCUT2D eigenvalue weighted by molar-refractivity contribution is 5.95. The molecule has 0 aromatic heterocycles. The average Bonchev–Trinajstić information content (AvgIpc) is 3.25. The van der Waals surface area contributed by atoms with Crippen molar-refractivity contribution in [2.45, 2.75) is 26.2 Å². The molecule has 108 valence electrons. The Morgan fingerprint density at radius 3 is 2.25 bits per heavy atom. The molecule has 4 N–H and O–H groups in total. The molecule has 1 saturated carbocycles. The minimum absolute atomic E-state index is 0.0368. The van der Waals surface area contributed by atoms with Crippen molar-refractivity contribution < 1.29 is 9.59 Å². The number of nitrogens with two attached hydrogens (primary N) is 1. The van der Waals surface area contributed by atoms with Gasteiger partial charge in [-0.05, 0) is 50.1 Å². The highest BCUT2D eigenvalue weighted by Crippen LogP contribution is 2.30. The van der Waals surface area contributed by atoms with Crippen LogP contribution in [0.15, 0.2) is 24.3 Å². The molecule has 2 rings (SSSR count). The lowest BCUT2D eigenvalue weighted by Crippen LogP contribution is -2.22. The minimum Gasteiger partial charge on any atom is -0.330 e. The second-order valence-electron chi connectivity index (χ2n) is 5.31. The Bertz CT molecular complexity index is 480. The molecule has 0 aliphatic heterocycles. The van der Waals surface area contributed by atoms with Crippen LogP contribution in [-0.4, -0.2) is 18.4 Å². The average molecular weight is 275 g/mol. The van der Waals surface area contributed by atoms with Crippen LogP contribution in [0.1, 0.15) is 26.2 Å². The number of benzene rings is 1. The number of anilines is 2. The number of nitrogens with one attached hydrogen (secondary N) is 2. The number of amides is 2. The van der Waals surface area contributed by atoms with Crippen molar-refractivity contribution in [1.29, 1.82) is 0 Å². The monoisotopic (exact) mass is 275 g/mol. The second-order valence-corrected chi connectivity index (χ2v) is 5.31. The molecule has 0 bridgehead atoms. The summed E-state index contributed by atoms with van der Waals surface area (Å²) in [5.74, 6) is 0.129. The lowest BCUT2D eigenvalue weighted by atomic mass is 10.1. The number of hydrogen-bond donors (Lipinski definition) is 3. The predicted molar refractivity (Wildman–Crippen MR) is 79.3 cm³/mol. The van der Waals surface area contributed by atoms with Crippen LogP contribution in [0.3, 0.4) is 0 Å². The van der Waals surface area contributed by atoms with E-state index >= 15 is 0 Å². The lowest BCUT2D eigenvalue weighted by molar-refractivity contribution is -0.119. The van der Waals surface area contributed by atoms with E-state index in [4.69, 9.17) is 5.73 Å². The molecule has 1 fully saturated rings. The largest absolute Gasteiger partial charge is 0.330 e. The first kappa shape index (κ1) is 14.5. The molecule has 1 atom stereocenters. The molecule has 2 amide bonds. The summed E-state index contributed by atoms with van der Waals surface area (Å²) in [5, 5.41) is 5.69. The zero-order chi connectivity index (χ0) is 14.5. The van der Waals surface area contributed by atoms with Crippen LogP contribution in [0.4, 0.5) is 11.4 Å². The molecule has 1 aromatic carbocycles. The van der Waals surface area contributed by atoms with Gasteiger partial charge < -0.3 is 16.4 Å². The third-order valence-corrected chi connectivity index (χ3v) is 3.42. The quantitative estimate of drug-likeness (QED) is 0.742. The predicted octanol–water partition coefficient (Wildman–Crippen LogP) is 1.96. The molecule has 5 heteroatoms. The molecule has 20 heavy (non-hydrogen) atoms. The Morgan fingerprint density at radius 2 is 1.75 bits per heavy atom. The van der Waals surface area contributed by atoms with Crippen LogP contribution in [0.25, 0.3) is 0 Å². The first-order valence-corrected chi connectivity index (χ1v) is 7.02. The van der Waals surface area contributed by atoms with Crippen molar-refractivity contribution >= 4 is 23.2 Å². The van der Waals surface area contributed by atoms with Gasteiger partial charge in [-0.2, -0.15) is 0 Å². The summed E-state index contributed by atoms with van der Waals surface area (Å²) in [6.45, 7) is 2.35. The van der Waals surface area contributed by atoms with Gasteiger partial charge in [-0.25, -0.2) is 0 Å². The van der Waals surface area contributed by atoms with Gasteiger partial charge in [0.1, 0.15) is 0 Å². The van der Waals surface area contributed by atoms with Gasteiger partial charge in [-0.15, -0.1) is 0 Å². The fourth-order valence-electron chi connectivity index (χ4n) is 1.87. The number of hydrogen-bond acceptors (Lipinski definition) is 3. The van der Waals surface area contributed by atoms with Crippen molar-refractivity contribution in [2.24, 2.45) is 17.6 Å². The molecule has 0 spiro atoms. The summed E-state index contributed by atoms with van der Waals surface area (Å²) < 4.78 is 0. The van der Waals surface area contributed by atoms with Gasteiger partial charge in [0.25, 0.3) is 0 Å². The van der Waals surface area contributed by atoms with Gasteiger partial charge in [0.15, 0.2) is 0 Å². The molecule has 0 radical (unpaired) electrons. The normalized spacial score (nSPS) is 15.5. The number of carbonyl (C=O) groups is 2. The van der Waals surface area contributed by atoms with E-state index in [2.05, 4.69) is 10.6 Å². The maximum atomic E-state index is 11.8. The van der Waals surface area contributed by atoms with Crippen molar-refractivity contribution in [1.82, 2.24) is 0 Å². The van der Waals surface area contributed by atoms with E-state index in [0.717, 1.165) is 24.2 Å². The molecule has 5 nitrogen and oxygen atoms in total. The molecular formula is C15H21N3O2. The van der Waals surface area contributed by atoms with Crippen LogP contribution >= 0.6 is 0 Å². The maximum Gasteiger partial charge on any atom is 0.227 e. The molecule has 1 unspecified atom stereocenters. The molecule has 1 aromatic rings. The van der Waals surface area contributed by atoms with Gasteiger partial charge in [0.05, 0.1) is 0 Å². The van der Waals surface area contributed by atoms with Gasteiger partial charge in [-0.3, -0.25) is 9.59 Å². The highest BCUT2D eigenvalue weighted by atomic mass is 16.2. The van der Waals surface area contributed by atoms with E-state index < -0.39 is 0 Å². The fourth-order valence-corrected chi connectivity index (χ4v) is 1.87. The Balaban J connectivity index is 1.87. The summed E-state index contributed by atoms with van der Waals surface area (Å²) in [5.41, 5.74) is 6.92. The van der Waals surface area contributed by atoms with Crippen LogP contribution in [-0.2, 0) is 9.59 Å². The molecular weight excluding hydrogens is 254 g/mol. The van der Waals surface area contributed by atoms with Crippen LogP contribution in [0.5, 0.6) is 0 Å². The first-order valence-electron chi connectivity index (χ1n) is 7.02. The van der Waals surface area contributed by atoms with Crippen molar-refractivity contribution in [3.63, 3.8) is 0 Å². The lowest BCUT2D eigenvalue weighted by Gasteiger charge is -2.11. The summed E-state index contributed by atoms with van der Waals surface area (Å²) in [7, 11) is 0. The van der Waals surface area contributed by atoms with E-state index in [9.17, 15) is 9.59 Å². The summed E-state index contributed by atoms with van der Waals surface area (Å²) in [6, 6.07) is 7.16. The SMILES string of the molecule is CC(CCN)C(=O)Nc1ccc(NC(=O)C2CC2)cc1.